The first-order chi connectivity index (χ1) is 8.99. The summed E-state index contributed by atoms with van der Waals surface area (Å²) in [5.74, 6) is 0.184. The molecule has 0 aromatic heterocycles. The number of nitrogens with one attached hydrogen (secondary N) is 1. The third-order valence-corrected chi connectivity index (χ3v) is 3.41. The number of piperidine rings is 1. The maximum atomic E-state index is 12.2. The number of hydrogen-bond donors (Lipinski definition) is 2. The van der Waals surface area contributed by atoms with Gasteiger partial charge in [-0.2, -0.15) is 0 Å². The summed E-state index contributed by atoms with van der Waals surface area (Å²) in [6, 6.07) is 0.161. The second-order valence-electron chi connectivity index (χ2n) is 7.55. The first-order valence-electron chi connectivity index (χ1n) is 7.37. The molecule has 0 atom stereocenters. The van der Waals surface area contributed by atoms with E-state index in [1.54, 1.807) is 0 Å². The van der Waals surface area contributed by atoms with E-state index in [0.29, 0.717) is 19.5 Å². The van der Waals surface area contributed by atoms with Gasteiger partial charge in [0.15, 0.2) is 0 Å². The van der Waals surface area contributed by atoms with E-state index in [-0.39, 0.29) is 23.3 Å². The molecule has 1 aliphatic rings. The molecule has 0 aromatic rings. The summed E-state index contributed by atoms with van der Waals surface area (Å²) < 4.78 is 0. The van der Waals surface area contributed by atoms with Gasteiger partial charge in [0.05, 0.1) is 0 Å². The molecule has 1 rings (SSSR count). The average Bonchev–Trinajstić information content (AvgIpc) is 2.25. The van der Waals surface area contributed by atoms with Crippen molar-refractivity contribution in [1.29, 1.82) is 0 Å². The fraction of sp³-hybridized carbons (Fsp3) is 0.867. The normalized spacial score (nSPS) is 18.0. The van der Waals surface area contributed by atoms with Crippen LogP contribution in [0, 0.1) is 5.41 Å². The zero-order chi connectivity index (χ0) is 15.6. The second kappa shape index (κ2) is 6.12. The van der Waals surface area contributed by atoms with Crippen LogP contribution in [0.4, 0.5) is 0 Å². The van der Waals surface area contributed by atoms with E-state index >= 15 is 0 Å². The topological polar surface area (TPSA) is 75.4 Å². The summed E-state index contributed by atoms with van der Waals surface area (Å²) in [4.78, 5) is 25.9. The Balaban J connectivity index is 2.40. The van der Waals surface area contributed by atoms with Crippen molar-refractivity contribution < 1.29 is 9.59 Å². The van der Waals surface area contributed by atoms with Crippen LogP contribution in [0.5, 0.6) is 0 Å². The Labute approximate surface area is 122 Å². The van der Waals surface area contributed by atoms with Crippen molar-refractivity contribution in [2.75, 3.05) is 13.1 Å². The van der Waals surface area contributed by atoms with Crippen molar-refractivity contribution in [2.45, 2.75) is 65.5 Å². The highest BCUT2D eigenvalue weighted by Gasteiger charge is 2.30. The summed E-state index contributed by atoms with van der Waals surface area (Å²) in [6.45, 7) is 10.9. The maximum absolute atomic E-state index is 12.2. The molecule has 116 valence electrons. The molecule has 0 bridgehead atoms. The Kier molecular flexibility index (Phi) is 5.19. The second-order valence-corrected chi connectivity index (χ2v) is 7.55. The van der Waals surface area contributed by atoms with Crippen molar-refractivity contribution in [3.8, 4) is 0 Å². The molecule has 0 saturated carbocycles. The molecule has 1 heterocycles. The minimum absolute atomic E-state index is 0.00176. The van der Waals surface area contributed by atoms with Gasteiger partial charge in [0.1, 0.15) is 0 Å². The van der Waals surface area contributed by atoms with E-state index in [4.69, 9.17) is 5.73 Å². The van der Waals surface area contributed by atoms with Crippen LogP contribution < -0.4 is 11.1 Å². The van der Waals surface area contributed by atoms with Crippen molar-refractivity contribution in [3.63, 3.8) is 0 Å². The van der Waals surface area contributed by atoms with Gasteiger partial charge in [0, 0.05) is 36.5 Å². The van der Waals surface area contributed by atoms with Gasteiger partial charge in [0.25, 0.3) is 0 Å². The number of nitrogens with two attached hydrogens (primary N) is 1. The van der Waals surface area contributed by atoms with Crippen molar-refractivity contribution in [1.82, 2.24) is 10.2 Å². The van der Waals surface area contributed by atoms with Gasteiger partial charge in [-0.3, -0.25) is 9.59 Å². The van der Waals surface area contributed by atoms with Gasteiger partial charge in [-0.15, -0.1) is 0 Å². The van der Waals surface area contributed by atoms with Gasteiger partial charge in [0.2, 0.25) is 11.8 Å². The monoisotopic (exact) mass is 283 g/mol. The van der Waals surface area contributed by atoms with E-state index < -0.39 is 5.54 Å². The smallest absolute Gasteiger partial charge is 0.227 e. The molecular weight excluding hydrogens is 254 g/mol. The number of amides is 2. The van der Waals surface area contributed by atoms with Gasteiger partial charge >= 0.3 is 0 Å². The van der Waals surface area contributed by atoms with Gasteiger partial charge in [-0.25, -0.2) is 0 Å². The summed E-state index contributed by atoms with van der Waals surface area (Å²) in [7, 11) is 0. The predicted octanol–water partition coefficient (Wildman–Crippen LogP) is 1.27. The lowest BCUT2D eigenvalue weighted by molar-refractivity contribution is -0.140. The minimum atomic E-state index is -0.479. The standard InChI is InChI=1S/C15H29N3O2/c1-14(2,3)13(20)18-8-6-11(7-9-18)17-12(19)10-15(4,5)16/h11H,6-10,16H2,1-5H3,(H,17,19). The fourth-order valence-corrected chi connectivity index (χ4v) is 2.39. The molecule has 0 radical (unpaired) electrons. The van der Waals surface area contributed by atoms with E-state index in [1.807, 2.05) is 39.5 Å². The third-order valence-electron chi connectivity index (χ3n) is 3.41. The number of hydrogen-bond acceptors (Lipinski definition) is 3. The molecule has 3 N–H and O–H groups in total. The van der Waals surface area contributed by atoms with Crippen LogP contribution in [0.25, 0.3) is 0 Å². The minimum Gasteiger partial charge on any atom is -0.353 e. The molecular formula is C15H29N3O2. The zero-order valence-electron chi connectivity index (χ0n) is 13.5. The Hall–Kier alpha value is -1.10. The maximum Gasteiger partial charge on any atom is 0.227 e. The highest BCUT2D eigenvalue weighted by Crippen LogP contribution is 2.21. The van der Waals surface area contributed by atoms with E-state index in [0.717, 1.165) is 12.8 Å². The average molecular weight is 283 g/mol. The molecule has 0 unspecified atom stereocenters. The van der Waals surface area contributed by atoms with Crippen LogP contribution in [0.3, 0.4) is 0 Å². The number of carbonyl (C=O) groups excluding carboxylic acids is 2. The fourth-order valence-electron chi connectivity index (χ4n) is 2.39. The molecule has 5 nitrogen and oxygen atoms in total. The Morgan fingerprint density at radius 3 is 2.05 bits per heavy atom. The summed E-state index contributed by atoms with van der Waals surface area (Å²) in [5.41, 5.74) is 5.02. The van der Waals surface area contributed by atoms with Crippen LogP contribution in [0.1, 0.15) is 53.9 Å². The highest BCUT2D eigenvalue weighted by molar-refractivity contribution is 5.81. The first kappa shape index (κ1) is 17.0. The Morgan fingerprint density at radius 1 is 1.15 bits per heavy atom. The number of carbonyl (C=O) groups is 2. The summed E-state index contributed by atoms with van der Waals surface area (Å²) in [5, 5.41) is 3.02. The molecule has 2 amide bonds. The number of rotatable bonds is 3. The molecule has 1 aliphatic heterocycles. The van der Waals surface area contributed by atoms with Crippen molar-refractivity contribution >= 4 is 11.8 Å². The molecule has 5 heteroatoms. The Bertz CT molecular complexity index is 358. The van der Waals surface area contributed by atoms with Crippen LogP contribution in [0.2, 0.25) is 0 Å². The van der Waals surface area contributed by atoms with Gasteiger partial charge < -0.3 is 16.0 Å². The number of nitrogens with zero attached hydrogens (tertiary/aromatic N) is 1. The lowest BCUT2D eigenvalue weighted by Gasteiger charge is -2.36. The molecule has 0 aromatic carbocycles. The van der Waals surface area contributed by atoms with Crippen LogP contribution >= 0.6 is 0 Å². The SMILES string of the molecule is CC(C)(N)CC(=O)NC1CCN(C(=O)C(C)(C)C)CC1. The predicted molar refractivity (Wildman–Crippen MR) is 80.1 cm³/mol. The van der Waals surface area contributed by atoms with Gasteiger partial charge in [-0.1, -0.05) is 20.8 Å². The van der Waals surface area contributed by atoms with E-state index in [9.17, 15) is 9.59 Å². The molecule has 0 aliphatic carbocycles. The van der Waals surface area contributed by atoms with Crippen molar-refractivity contribution in [2.24, 2.45) is 11.1 Å². The van der Waals surface area contributed by atoms with E-state index in [1.165, 1.54) is 0 Å². The lowest BCUT2D eigenvalue weighted by Crippen LogP contribution is -2.50. The lowest BCUT2D eigenvalue weighted by atomic mass is 9.93. The van der Waals surface area contributed by atoms with Crippen molar-refractivity contribution in [3.05, 3.63) is 0 Å². The molecule has 0 spiro atoms. The molecule has 1 saturated heterocycles. The van der Waals surface area contributed by atoms with Gasteiger partial charge in [-0.05, 0) is 26.7 Å². The first-order valence-corrected chi connectivity index (χ1v) is 7.37. The van der Waals surface area contributed by atoms with Crippen LogP contribution in [0.15, 0.2) is 0 Å². The molecule has 20 heavy (non-hydrogen) atoms. The summed E-state index contributed by atoms with van der Waals surface area (Å²) >= 11 is 0. The Morgan fingerprint density at radius 2 is 1.65 bits per heavy atom. The zero-order valence-corrected chi connectivity index (χ0v) is 13.5. The molecule has 1 fully saturated rings. The van der Waals surface area contributed by atoms with Crippen LogP contribution in [-0.4, -0.2) is 41.4 Å². The third kappa shape index (κ3) is 5.49. The van der Waals surface area contributed by atoms with Crippen LogP contribution in [-0.2, 0) is 9.59 Å². The number of likely N-dealkylation sites (tertiary alicyclic amines) is 1. The summed E-state index contributed by atoms with van der Waals surface area (Å²) in [6.07, 6.45) is 1.96. The highest BCUT2D eigenvalue weighted by atomic mass is 16.2. The van der Waals surface area contributed by atoms with E-state index in [2.05, 4.69) is 5.32 Å². The largest absolute Gasteiger partial charge is 0.353 e. The quantitative estimate of drug-likeness (QED) is 0.819.